The number of phenols is 1. The van der Waals surface area contributed by atoms with Gasteiger partial charge in [-0.05, 0) is 73.9 Å². The number of sulfone groups is 1. The molecule has 2 aliphatic rings. The van der Waals surface area contributed by atoms with E-state index >= 15 is 0 Å². The summed E-state index contributed by atoms with van der Waals surface area (Å²) in [5.74, 6) is 0.585. The fourth-order valence-corrected chi connectivity index (χ4v) is 6.49. The van der Waals surface area contributed by atoms with Gasteiger partial charge in [0.05, 0.1) is 18.5 Å². The highest BCUT2D eigenvalue weighted by Crippen LogP contribution is 2.40. The average Bonchev–Trinajstić information content (AvgIpc) is 3.17. The van der Waals surface area contributed by atoms with Crippen molar-refractivity contribution < 1.29 is 18.3 Å². The lowest BCUT2D eigenvalue weighted by Crippen LogP contribution is -2.19. The quantitative estimate of drug-likeness (QED) is 0.658. The minimum atomic E-state index is -3.07. The van der Waals surface area contributed by atoms with Gasteiger partial charge in [-0.1, -0.05) is 37.5 Å². The molecule has 4 nitrogen and oxygen atoms in total. The van der Waals surface area contributed by atoms with Gasteiger partial charge in [-0.25, -0.2) is 8.42 Å². The molecule has 2 heterocycles. The number of ether oxygens (including phenoxy) is 1. The Morgan fingerprint density at radius 1 is 1.25 bits per heavy atom. The van der Waals surface area contributed by atoms with Crippen LogP contribution in [0.5, 0.6) is 5.75 Å². The second-order valence-corrected chi connectivity index (χ2v) is 10.3. The molecule has 0 aliphatic carbocycles. The van der Waals surface area contributed by atoms with Crippen LogP contribution < -0.4 is 0 Å². The largest absolute Gasteiger partial charge is 0.507 e. The van der Waals surface area contributed by atoms with Gasteiger partial charge in [0.15, 0.2) is 9.84 Å². The Bertz CT molecular complexity index is 886. The van der Waals surface area contributed by atoms with Crippen LogP contribution >= 0.6 is 0 Å². The van der Waals surface area contributed by atoms with E-state index < -0.39 is 15.1 Å². The lowest BCUT2D eigenvalue weighted by molar-refractivity contribution is 0.117. The molecule has 0 bridgehead atoms. The van der Waals surface area contributed by atoms with E-state index in [0.29, 0.717) is 12.4 Å². The van der Waals surface area contributed by atoms with Crippen molar-refractivity contribution >= 4 is 15.9 Å². The highest BCUT2D eigenvalue weighted by atomic mass is 32.2. The lowest BCUT2D eigenvalue weighted by atomic mass is 9.94. The van der Waals surface area contributed by atoms with Crippen molar-refractivity contribution in [2.24, 2.45) is 0 Å². The summed E-state index contributed by atoms with van der Waals surface area (Å²) < 4.78 is 30.8. The molecule has 28 heavy (non-hydrogen) atoms. The van der Waals surface area contributed by atoms with Gasteiger partial charge in [-0.2, -0.15) is 0 Å². The monoisotopic (exact) mass is 404 g/mol. The summed E-state index contributed by atoms with van der Waals surface area (Å²) in [5, 5.41) is 9.57. The number of benzene rings is 1. The molecular formula is C23H32O4S. The van der Waals surface area contributed by atoms with Crippen LogP contribution in [0.25, 0.3) is 6.08 Å². The molecule has 1 saturated heterocycles. The van der Waals surface area contributed by atoms with E-state index in [2.05, 4.69) is 19.9 Å². The van der Waals surface area contributed by atoms with E-state index in [1.54, 1.807) is 0 Å². The number of rotatable bonds is 7. The Morgan fingerprint density at radius 3 is 2.54 bits per heavy atom. The van der Waals surface area contributed by atoms with E-state index in [4.69, 9.17) is 4.74 Å². The normalized spacial score (nSPS) is 24.1. The summed E-state index contributed by atoms with van der Waals surface area (Å²) in [6, 6.07) is 4.01. The van der Waals surface area contributed by atoms with Crippen molar-refractivity contribution in [1.82, 2.24) is 0 Å². The molecule has 2 atom stereocenters. The molecule has 0 spiro atoms. The number of phenolic OH excluding ortho intramolecular Hbond substituents is 1. The fraction of sp³-hybridized carbons (Fsp3) is 0.565. The van der Waals surface area contributed by atoms with Crippen LogP contribution in [0.3, 0.4) is 0 Å². The minimum Gasteiger partial charge on any atom is -0.507 e. The molecule has 154 valence electrons. The molecular weight excluding hydrogens is 372 g/mol. The number of fused-ring (bicyclic) bond motifs is 1. The van der Waals surface area contributed by atoms with E-state index in [9.17, 15) is 13.5 Å². The summed E-state index contributed by atoms with van der Waals surface area (Å²) in [6.45, 7) is 8.39. The third-order valence-corrected chi connectivity index (χ3v) is 7.99. The molecule has 5 heteroatoms. The third kappa shape index (κ3) is 4.20. The summed E-state index contributed by atoms with van der Waals surface area (Å²) >= 11 is 0. The van der Waals surface area contributed by atoms with Crippen molar-refractivity contribution in [1.29, 1.82) is 0 Å². The Kier molecular flexibility index (Phi) is 6.35. The maximum Gasteiger partial charge on any atom is 0.163 e. The average molecular weight is 405 g/mol. The predicted molar refractivity (Wildman–Crippen MR) is 114 cm³/mol. The van der Waals surface area contributed by atoms with E-state index in [0.717, 1.165) is 59.9 Å². The fourth-order valence-electron chi connectivity index (χ4n) is 4.50. The van der Waals surface area contributed by atoms with Gasteiger partial charge in [-0.15, -0.1) is 0 Å². The van der Waals surface area contributed by atoms with Gasteiger partial charge in [0.25, 0.3) is 0 Å². The zero-order valence-corrected chi connectivity index (χ0v) is 18.2. The van der Waals surface area contributed by atoms with Crippen LogP contribution in [-0.2, 0) is 14.6 Å². The van der Waals surface area contributed by atoms with Gasteiger partial charge in [0, 0.05) is 0 Å². The van der Waals surface area contributed by atoms with Gasteiger partial charge in [0.1, 0.15) is 11.0 Å². The Labute approximate surface area is 169 Å². The van der Waals surface area contributed by atoms with Gasteiger partial charge < -0.3 is 9.84 Å². The number of allylic oxidation sites excluding steroid dienone is 1. The zero-order chi connectivity index (χ0) is 20.5. The maximum absolute atomic E-state index is 12.4. The van der Waals surface area contributed by atoms with Crippen LogP contribution in [0.1, 0.15) is 62.6 Å². The number of aromatic hydroxyl groups is 1. The molecule has 2 aliphatic heterocycles. The summed E-state index contributed by atoms with van der Waals surface area (Å²) in [7, 11) is -3.07. The Morgan fingerprint density at radius 2 is 1.93 bits per heavy atom. The maximum atomic E-state index is 12.4. The number of hydrogen-bond donors (Lipinski definition) is 1. The molecule has 1 aromatic carbocycles. The minimum absolute atomic E-state index is 0.0675. The van der Waals surface area contributed by atoms with Crippen molar-refractivity contribution in [2.75, 3.05) is 12.4 Å². The number of aryl methyl sites for hydroxylation is 2. The van der Waals surface area contributed by atoms with Crippen molar-refractivity contribution in [2.45, 2.75) is 71.2 Å². The molecule has 0 saturated carbocycles. The Balaban J connectivity index is 1.76. The summed E-state index contributed by atoms with van der Waals surface area (Å²) in [4.78, 5) is 0. The standard InChI is InChI=1S/C23H32O4S/c1-5-7-19-14-28(25,26)21-13-27-20(22(19)21)9-8-17(6-2)12-18-10-15(3)23(24)16(4)11-18/h10-12,20-21,24H,5-9,13-14H2,1-4H3/b17-12+/t20-,21+/m1/s1. The molecule has 0 unspecified atom stereocenters. The topological polar surface area (TPSA) is 63.6 Å². The first-order chi connectivity index (χ1) is 13.3. The zero-order valence-electron chi connectivity index (χ0n) is 17.4. The van der Waals surface area contributed by atoms with Gasteiger partial charge in [-0.3, -0.25) is 0 Å². The smallest absolute Gasteiger partial charge is 0.163 e. The highest BCUT2D eigenvalue weighted by molar-refractivity contribution is 7.92. The van der Waals surface area contributed by atoms with Crippen LogP contribution in [0.15, 0.2) is 28.9 Å². The van der Waals surface area contributed by atoms with Crippen LogP contribution in [0, 0.1) is 13.8 Å². The second kappa shape index (κ2) is 8.42. The third-order valence-electron chi connectivity index (χ3n) is 5.98. The second-order valence-electron chi connectivity index (χ2n) is 8.12. The lowest BCUT2D eigenvalue weighted by Gasteiger charge is -2.15. The van der Waals surface area contributed by atoms with E-state index in [1.165, 1.54) is 5.57 Å². The summed E-state index contributed by atoms with van der Waals surface area (Å²) in [5.41, 5.74) is 6.35. The van der Waals surface area contributed by atoms with E-state index in [1.807, 2.05) is 26.0 Å². The van der Waals surface area contributed by atoms with Gasteiger partial charge in [0.2, 0.25) is 0 Å². The van der Waals surface area contributed by atoms with Crippen LogP contribution in [0.4, 0.5) is 0 Å². The van der Waals surface area contributed by atoms with Crippen LogP contribution in [0.2, 0.25) is 0 Å². The van der Waals surface area contributed by atoms with E-state index in [-0.39, 0.29) is 11.9 Å². The number of hydrogen-bond acceptors (Lipinski definition) is 4. The molecule has 1 aromatic rings. The molecule has 3 rings (SSSR count). The van der Waals surface area contributed by atoms with Crippen molar-refractivity contribution in [3.63, 3.8) is 0 Å². The molecule has 0 aromatic heterocycles. The first-order valence-electron chi connectivity index (χ1n) is 10.3. The molecule has 0 radical (unpaired) electrons. The predicted octanol–water partition coefficient (Wildman–Crippen LogP) is 4.88. The summed E-state index contributed by atoms with van der Waals surface area (Å²) in [6.07, 6.45) is 6.59. The SMILES string of the molecule is CCCC1=C2[C@@H](CC/C(=C/c3cc(C)c(O)c(C)c3)CC)OC[C@@H]2S(=O)(=O)C1. The van der Waals surface area contributed by atoms with Gasteiger partial charge >= 0.3 is 0 Å². The van der Waals surface area contributed by atoms with Crippen molar-refractivity contribution in [3.05, 3.63) is 45.5 Å². The molecule has 1 N–H and O–H groups in total. The molecule has 1 fully saturated rings. The highest BCUT2D eigenvalue weighted by Gasteiger charge is 2.46. The Hall–Kier alpha value is -1.59. The first kappa shape index (κ1) is 21.1. The van der Waals surface area contributed by atoms with Crippen LogP contribution in [-0.4, -0.2) is 37.2 Å². The molecule has 0 amide bonds. The first-order valence-corrected chi connectivity index (χ1v) is 12.0. The van der Waals surface area contributed by atoms with Crippen molar-refractivity contribution in [3.8, 4) is 5.75 Å².